The minimum atomic E-state index is -3.73. The molecule has 35 heavy (non-hydrogen) atoms. The van der Waals surface area contributed by atoms with Gasteiger partial charge in [-0.15, -0.1) is 0 Å². The van der Waals surface area contributed by atoms with Gasteiger partial charge in [0.05, 0.1) is 16.1 Å². The van der Waals surface area contributed by atoms with Crippen molar-refractivity contribution >= 4 is 21.7 Å². The Morgan fingerprint density at radius 2 is 1.77 bits per heavy atom. The lowest BCUT2D eigenvalue weighted by atomic mass is 10.1. The molecule has 0 radical (unpaired) electrons. The third kappa shape index (κ3) is 5.38. The van der Waals surface area contributed by atoms with E-state index in [1.165, 1.54) is 10.4 Å². The summed E-state index contributed by atoms with van der Waals surface area (Å²) in [5.41, 5.74) is 2.78. The number of esters is 1. The van der Waals surface area contributed by atoms with Crippen molar-refractivity contribution < 1.29 is 22.5 Å². The van der Waals surface area contributed by atoms with Crippen LogP contribution in [0.4, 0.5) is 5.69 Å². The monoisotopic (exact) mass is 498 g/mol. The Hall–Kier alpha value is -3.24. The number of hydrogen-bond donors (Lipinski definition) is 0. The van der Waals surface area contributed by atoms with Gasteiger partial charge in [0.15, 0.2) is 6.61 Å². The minimum absolute atomic E-state index is 0.0653. The first-order valence-corrected chi connectivity index (χ1v) is 13.2. The standard InChI is InChI=1S/C25H30N4O5S/c1-4-29(5-2)35(31,32)20-12-13-22(28-14-6-7-15-28)21(16-20)25(30)33-17-23-26-24(27-34-23)19-10-8-18(3)9-11-19/h8-13,16H,4-7,14-15,17H2,1-3H3. The number of nitrogens with zero attached hydrogens (tertiary/aromatic N) is 4. The molecule has 2 aromatic carbocycles. The molecule has 1 aromatic heterocycles. The molecule has 0 spiro atoms. The molecule has 1 saturated heterocycles. The predicted octanol–water partition coefficient (Wildman–Crippen LogP) is 4.03. The maximum Gasteiger partial charge on any atom is 0.340 e. The van der Waals surface area contributed by atoms with Crippen LogP contribution in [0, 0.1) is 6.92 Å². The molecule has 0 unspecified atom stereocenters. The zero-order chi connectivity index (χ0) is 25.0. The van der Waals surface area contributed by atoms with Gasteiger partial charge in [-0.05, 0) is 38.0 Å². The summed E-state index contributed by atoms with van der Waals surface area (Å²) in [6, 6.07) is 12.3. The molecule has 0 N–H and O–H groups in total. The second-order valence-corrected chi connectivity index (χ2v) is 10.4. The normalized spacial score (nSPS) is 14.0. The van der Waals surface area contributed by atoms with Crippen LogP contribution in [0.3, 0.4) is 0 Å². The summed E-state index contributed by atoms with van der Waals surface area (Å²) in [6.07, 6.45) is 2.02. The number of sulfonamides is 1. The van der Waals surface area contributed by atoms with Crippen LogP contribution in [0.5, 0.6) is 0 Å². The molecule has 186 valence electrons. The fourth-order valence-corrected chi connectivity index (χ4v) is 5.61. The number of anilines is 1. The van der Waals surface area contributed by atoms with E-state index in [9.17, 15) is 13.2 Å². The number of aromatic nitrogens is 2. The van der Waals surface area contributed by atoms with E-state index >= 15 is 0 Å². The maximum absolute atomic E-state index is 13.2. The van der Waals surface area contributed by atoms with Crippen LogP contribution in [0.25, 0.3) is 11.4 Å². The summed E-state index contributed by atoms with van der Waals surface area (Å²) in [5.74, 6) is -0.0803. The number of carbonyl (C=O) groups is 1. The molecule has 1 fully saturated rings. The molecule has 0 atom stereocenters. The lowest BCUT2D eigenvalue weighted by Gasteiger charge is -2.23. The molecule has 3 aromatic rings. The summed E-state index contributed by atoms with van der Waals surface area (Å²) in [4.78, 5) is 19.6. The summed E-state index contributed by atoms with van der Waals surface area (Å²) < 4.78 is 38.2. The number of carbonyl (C=O) groups excluding carboxylic acids is 1. The van der Waals surface area contributed by atoms with Gasteiger partial charge >= 0.3 is 5.97 Å². The van der Waals surface area contributed by atoms with Crippen molar-refractivity contribution in [1.29, 1.82) is 0 Å². The predicted molar refractivity (Wildman–Crippen MR) is 132 cm³/mol. The first kappa shape index (κ1) is 24.9. The van der Waals surface area contributed by atoms with Crippen molar-refractivity contribution in [2.24, 2.45) is 0 Å². The zero-order valence-electron chi connectivity index (χ0n) is 20.2. The van der Waals surface area contributed by atoms with E-state index in [2.05, 4.69) is 15.0 Å². The minimum Gasteiger partial charge on any atom is -0.452 e. The second kappa shape index (κ2) is 10.6. The van der Waals surface area contributed by atoms with Gasteiger partial charge in [-0.3, -0.25) is 0 Å². The topological polar surface area (TPSA) is 106 Å². The Balaban J connectivity index is 1.57. The first-order valence-electron chi connectivity index (χ1n) is 11.8. The van der Waals surface area contributed by atoms with Crippen molar-refractivity contribution in [3.63, 3.8) is 0 Å². The molecule has 0 saturated carbocycles. The fraction of sp³-hybridized carbons (Fsp3) is 0.400. The molecule has 1 aliphatic rings. The Morgan fingerprint density at radius 1 is 1.09 bits per heavy atom. The Morgan fingerprint density at radius 3 is 2.43 bits per heavy atom. The Kier molecular flexibility index (Phi) is 7.51. The number of ether oxygens (including phenoxy) is 1. The van der Waals surface area contributed by atoms with E-state index in [0.29, 0.717) is 24.6 Å². The Bertz CT molecular complexity index is 1280. The smallest absolute Gasteiger partial charge is 0.340 e. The molecule has 0 amide bonds. The molecular weight excluding hydrogens is 468 g/mol. The largest absolute Gasteiger partial charge is 0.452 e. The van der Waals surface area contributed by atoms with Crippen LogP contribution in [-0.4, -0.2) is 55.0 Å². The summed E-state index contributed by atoms with van der Waals surface area (Å²) >= 11 is 0. The number of hydrogen-bond acceptors (Lipinski definition) is 8. The van der Waals surface area contributed by atoms with Crippen LogP contribution in [0.15, 0.2) is 51.9 Å². The van der Waals surface area contributed by atoms with E-state index in [0.717, 1.165) is 37.1 Å². The van der Waals surface area contributed by atoms with Crippen LogP contribution in [0.1, 0.15) is 48.5 Å². The first-order chi connectivity index (χ1) is 16.8. The highest BCUT2D eigenvalue weighted by atomic mass is 32.2. The van der Waals surface area contributed by atoms with E-state index in [1.807, 2.05) is 31.2 Å². The van der Waals surface area contributed by atoms with Crippen molar-refractivity contribution in [3.8, 4) is 11.4 Å². The lowest BCUT2D eigenvalue weighted by Crippen LogP contribution is -2.31. The quantitative estimate of drug-likeness (QED) is 0.407. The van der Waals surface area contributed by atoms with Gasteiger partial charge in [0.2, 0.25) is 15.8 Å². The number of benzene rings is 2. The summed E-state index contributed by atoms with van der Waals surface area (Å²) in [7, 11) is -3.73. The highest BCUT2D eigenvalue weighted by molar-refractivity contribution is 7.89. The van der Waals surface area contributed by atoms with Crippen LogP contribution in [-0.2, 0) is 21.4 Å². The third-order valence-electron chi connectivity index (χ3n) is 6.08. The van der Waals surface area contributed by atoms with Gasteiger partial charge in [0.25, 0.3) is 5.89 Å². The molecule has 1 aliphatic heterocycles. The molecule has 0 bridgehead atoms. The van der Waals surface area contributed by atoms with Gasteiger partial charge in [0, 0.05) is 31.7 Å². The van der Waals surface area contributed by atoms with E-state index in [1.54, 1.807) is 26.0 Å². The van der Waals surface area contributed by atoms with Crippen molar-refractivity contribution in [2.45, 2.75) is 45.1 Å². The second-order valence-electron chi connectivity index (χ2n) is 8.42. The molecule has 2 heterocycles. The maximum atomic E-state index is 13.2. The van der Waals surface area contributed by atoms with Crippen LogP contribution < -0.4 is 4.90 Å². The van der Waals surface area contributed by atoms with Gasteiger partial charge in [0.1, 0.15) is 0 Å². The summed E-state index contributed by atoms with van der Waals surface area (Å²) in [5, 5.41) is 3.96. The van der Waals surface area contributed by atoms with Gasteiger partial charge < -0.3 is 14.2 Å². The van der Waals surface area contributed by atoms with Gasteiger partial charge in [-0.1, -0.05) is 48.8 Å². The Labute approximate surface area is 205 Å². The van der Waals surface area contributed by atoms with E-state index in [4.69, 9.17) is 9.26 Å². The average molecular weight is 499 g/mol. The zero-order valence-corrected chi connectivity index (χ0v) is 21.0. The van der Waals surface area contributed by atoms with Crippen molar-refractivity contribution in [2.75, 3.05) is 31.1 Å². The molecule has 0 aliphatic carbocycles. The van der Waals surface area contributed by atoms with Crippen molar-refractivity contribution in [1.82, 2.24) is 14.4 Å². The number of aryl methyl sites for hydroxylation is 1. The average Bonchev–Trinajstić information content (AvgIpc) is 3.56. The highest BCUT2D eigenvalue weighted by Crippen LogP contribution is 2.29. The number of rotatable bonds is 9. The lowest BCUT2D eigenvalue weighted by molar-refractivity contribution is 0.0430. The highest BCUT2D eigenvalue weighted by Gasteiger charge is 2.27. The van der Waals surface area contributed by atoms with Crippen molar-refractivity contribution in [3.05, 3.63) is 59.5 Å². The van der Waals surface area contributed by atoms with E-state index in [-0.39, 0.29) is 23.0 Å². The van der Waals surface area contributed by atoms with Crippen LogP contribution >= 0.6 is 0 Å². The molecule has 9 nitrogen and oxygen atoms in total. The van der Waals surface area contributed by atoms with Gasteiger partial charge in [-0.25, -0.2) is 13.2 Å². The molecule has 4 rings (SSSR count). The van der Waals surface area contributed by atoms with Crippen LogP contribution in [0.2, 0.25) is 0 Å². The summed E-state index contributed by atoms with van der Waals surface area (Å²) in [6.45, 7) is 7.61. The van der Waals surface area contributed by atoms with E-state index < -0.39 is 16.0 Å². The van der Waals surface area contributed by atoms with Gasteiger partial charge in [-0.2, -0.15) is 9.29 Å². The fourth-order valence-electron chi connectivity index (χ4n) is 4.12. The third-order valence-corrected chi connectivity index (χ3v) is 8.13. The SMILES string of the molecule is CCN(CC)S(=O)(=O)c1ccc(N2CCCC2)c(C(=O)OCc2nc(-c3ccc(C)cc3)no2)c1. The molecule has 10 heteroatoms. The molecular formula is C25H30N4O5S.